The van der Waals surface area contributed by atoms with Crippen LogP contribution in [0.4, 0.5) is 5.69 Å². The minimum absolute atomic E-state index is 0.199. The molecule has 2 aromatic carbocycles. The van der Waals surface area contributed by atoms with Crippen LogP contribution < -0.4 is 10.9 Å². The number of anilines is 1. The standard InChI is InChI=1S/C16H12BrN3O2/c17-12-8-4-5-9-14(12)20-16(22)13(10-18-20)19-15(21)11-6-2-1-3-7-11/h1-10,18H,(H,19,21). The molecule has 0 saturated heterocycles. The third-order valence-corrected chi connectivity index (χ3v) is 3.82. The zero-order valence-electron chi connectivity index (χ0n) is 11.4. The number of hydrogen-bond acceptors (Lipinski definition) is 2. The van der Waals surface area contributed by atoms with E-state index >= 15 is 0 Å². The molecule has 0 unspecified atom stereocenters. The summed E-state index contributed by atoms with van der Waals surface area (Å²) in [5.74, 6) is -0.323. The molecule has 1 amide bonds. The van der Waals surface area contributed by atoms with Crippen LogP contribution >= 0.6 is 15.9 Å². The van der Waals surface area contributed by atoms with Crippen LogP contribution in [0.1, 0.15) is 10.4 Å². The highest BCUT2D eigenvalue weighted by molar-refractivity contribution is 9.10. The van der Waals surface area contributed by atoms with Gasteiger partial charge in [0.15, 0.2) is 0 Å². The number of rotatable bonds is 3. The van der Waals surface area contributed by atoms with Gasteiger partial charge in [-0.3, -0.25) is 14.7 Å². The van der Waals surface area contributed by atoms with Crippen molar-refractivity contribution in [3.8, 4) is 5.69 Å². The minimum atomic E-state index is -0.323. The average molecular weight is 358 g/mol. The van der Waals surface area contributed by atoms with E-state index in [2.05, 4.69) is 26.3 Å². The number of nitrogens with zero attached hydrogens (tertiary/aromatic N) is 1. The van der Waals surface area contributed by atoms with E-state index in [1.54, 1.807) is 30.3 Å². The summed E-state index contributed by atoms with van der Waals surface area (Å²) in [7, 11) is 0. The molecule has 3 rings (SSSR count). The predicted molar refractivity (Wildman–Crippen MR) is 88.5 cm³/mol. The molecule has 1 heterocycles. The molecule has 2 N–H and O–H groups in total. The topological polar surface area (TPSA) is 66.9 Å². The second-order valence-electron chi connectivity index (χ2n) is 4.60. The lowest BCUT2D eigenvalue weighted by atomic mass is 10.2. The number of carbonyl (C=O) groups excluding carboxylic acids is 1. The summed E-state index contributed by atoms with van der Waals surface area (Å²) in [5.41, 5.74) is 1.05. The number of aromatic amines is 1. The molecule has 0 aliphatic rings. The Labute approximate surface area is 134 Å². The van der Waals surface area contributed by atoms with Crippen molar-refractivity contribution in [2.24, 2.45) is 0 Å². The first-order valence-corrected chi connectivity index (χ1v) is 7.38. The van der Waals surface area contributed by atoms with E-state index in [1.807, 2.05) is 24.3 Å². The van der Waals surface area contributed by atoms with Crippen LogP contribution in [0.5, 0.6) is 0 Å². The predicted octanol–water partition coefficient (Wildman–Crippen LogP) is 3.18. The maximum Gasteiger partial charge on any atom is 0.295 e. The van der Waals surface area contributed by atoms with Crippen molar-refractivity contribution >= 4 is 27.5 Å². The van der Waals surface area contributed by atoms with Crippen LogP contribution in [0, 0.1) is 0 Å². The molecule has 0 aliphatic carbocycles. The van der Waals surface area contributed by atoms with E-state index in [1.165, 1.54) is 10.9 Å². The molecule has 1 aromatic heterocycles. The molecular formula is C16H12BrN3O2. The van der Waals surface area contributed by atoms with E-state index in [0.717, 1.165) is 4.47 Å². The van der Waals surface area contributed by atoms with Crippen LogP contribution in [0.15, 0.2) is 70.1 Å². The first kappa shape index (κ1) is 14.3. The second-order valence-corrected chi connectivity index (χ2v) is 5.45. The molecule has 0 radical (unpaired) electrons. The first-order valence-electron chi connectivity index (χ1n) is 6.58. The fraction of sp³-hybridized carbons (Fsp3) is 0. The van der Waals surface area contributed by atoms with E-state index in [0.29, 0.717) is 11.3 Å². The van der Waals surface area contributed by atoms with Gasteiger partial charge in [-0.15, -0.1) is 0 Å². The normalized spacial score (nSPS) is 10.4. The molecule has 0 saturated carbocycles. The van der Waals surface area contributed by atoms with Crippen molar-refractivity contribution in [1.29, 1.82) is 0 Å². The highest BCUT2D eigenvalue weighted by atomic mass is 79.9. The van der Waals surface area contributed by atoms with E-state index < -0.39 is 0 Å². The Morgan fingerprint density at radius 2 is 1.73 bits per heavy atom. The lowest BCUT2D eigenvalue weighted by Gasteiger charge is -2.04. The van der Waals surface area contributed by atoms with Gasteiger partial charge in [0, 0.05) is 16.2 Å². The number of halogens is 1. The number of nitrogens with one attached hydrogen (secondary N) is 2. The molecule has 5 nitrogen and oxygen atoms in total. The molecule has 0 atom stereocenters. The number of H-pyrrole nitrogens is 1. The van der Waals surface area contributed by atoms with Crippen LogP contribution in [0.25, 0.3) is 5.69 Å². The highest BCUT2D eigenvalue weighted by Gasteiger charge is 2.13. The number of aromatic nitrogens is 2. The number of hydrogen-bond donors (Lipinski definition) is 2. The highest BCUT2D eigenvalue weighted by Crippen LogP contribution is 2.19. The smallest absolute Gasteiger partial charge is 0.295 e. The van der Waals surface area contributed by atoms with Crippen molar-refractivity contribution in [3.63, 3.8) is 0 Å². The van der Waals surface area contributed by atoms with Gasteiger partial charge >= 0.3 is 0 Å². The number of para-hydroxylation sites is 1. The maximum atomic E-state index is 12.4. The second kappa shape index (κ2) is 6.03. The Bertz CT molecular complexity index is 868. The van der Waals surface area contributed by atoms with Crippen LogP contribution in [0.2, 0.25) is 0 Å². The number of amides is 1. The van der Waals surface area contributed by atoms with Crippen molar-refractivity contribution < 1.29 is 4.79 Å². The summed E-state index contributed by atoms with van der Waals surface area (Å²) in [6.45, 7) is 0. The number of carbonyl (C=O) groups is 1. The van der Waals surface area contributed by atoms with Gasteiger partial charge in [0.1, 0.15) is 5.69 Å². The molecule has 22 heavy (non-hydrogen) atoms. The van der Waals surface area contributed by atoms with Crippen molar-refractivity contribution in [3.05, 3.63) is 81.2 Å². The molecule has 0 bridgehead atoms. The minimum Gasteiger partial charge on any atom is -0.316 e. The van der Waals surface area contributed by atoms with Gasteiger partial charge in [-0.05, 0) is 40.2 Å². The average Bonchev–Trinajstić information content (AvgIpc) is 2.90. The molecule has 0 aliphatic heterocycles. The van der Waals surface area contributed by atoms with Crippen molar-refractivity contribution in [1.82, 2.24) is 9.78 Å². The first-order chi connectivity index (χ1) is 10.7. The fourth-order valence-electron chi connectivity index (χ4n) is 2.06. The van der Waals surface area contributed by atoms with Crippen LogP contribution in [0.3, 0.4) is 0 Å². The lowest BCUT2D eigenvalue weighted by molar-refractivity contribution is 0.102. The summed E-state index contributed by atoms with van der Waals surface area (Å²) in [6.07, 6.45) is 1.47. The van der Waals surface area contributed by atoms with Crippen LogP contribution in [-0.2, 0) is 0 Å². The van der Waals surface area contributed by atoms with Gasteiger partial charge in [-0.1, -0.05) is 30.3 Å². The fourth-order valence-corrected chi connectivity index (χ4v) is 2.52. The number of benzene rings is 2. The van der Waals surface area contributed by atoms with E-state index in [4.69, 9.17) is 0 Å². The lowest BCUT2D eigenvalue weighted by Crippen LogP contribution is -2.21. The Morgan fingerprint density at radius 3 is 2.45 bits per heavy atom. The SMILES string of the molecule is O=C(Nc1c[nH]n(-c2ccccc2Br)c1=O)c1ccccc1. The summed E-state index contributed by atoms with van der Waals surface area (Å²) >= 11 is 3.40. The molecular weight excluding hydrogens is 346 g/mol. The van der Waals surface area contributed by atoms with Gasteiger partial charge in [0.05, 0.1) is 5.69 Å². The Kier molecular flexibility index (Phi) is 3.93. The van der Waals surface area contributed by atoms with Gasteiger partial charge in [0.25, 0.3) is 11.5 Å². The summed E-state index contributed by atoms with van der Waals surface area (Å²) in [5, 5.41) is 5.46. The van der Waals surface area contributed by atoms with Gasteiger partial charge < -0.3 is 5.32 Å². The zero-order chi connectivity index (χ0) is 15.5. The molecule has 0 fully saturated rings. The van der Waals surface area contributed by atoms with E-state index in [9.17, 15) is 9.59 Å². The van der Waals surface area contributed by atoms with E-state index in [-0.39, 0.29) is 17.2 Å². The van der Waals surface area contributed by atoms with Gasteiger partial charge in [-0.25, -0.2) is 4.68 Å². The molecule has 6 heteroatoms. The van der Waals surface area contributed by atoms with Crippen molar-refractivity contribution in [2.75, 3.05) is 5.32 Å². The van der Waals surface area contributed by atoms with Crippen LogP contribution in [-0.4, -0.2) is 15.7 Å². The van der Waals surface area contributed by atoms with Crippen molar-refractivity contribution in [2.45, 2.75) is 0 Å². The third kappa shape index (κ3) is 2.73. The Hall–Kier alpha value is -2.60. The van der Waals surface area contributed by atoms with Gasteiger partial charge in [0.2, 0.25) is 0 Å². The largest absolute Gasteiger partial charge is 0.316 e. The zero-order valence-corrected chi connectivity index (χ0v) is 13.0. The Balaban J connectivity index is 1.90. The third-order valence-electron chi connectivity index (χ3n) is 3.15. The summed E-state index contributed by atoms with van der Waals surface area (Å²) in [4.78, 5) is 24.5. The molecule has 110 valence electrons. The summed E-state index contributed by atoms with van der Waals surface area (Å²) in [6, 6.07) is 16.1. The molecule has 3 aromatic rings. The summed E-state index contributed by atoms with van der Waals surface area (Å²) < 4.78 is 2.14. The van der Waals surface area contributed by atoms with Gasteiger partial charge in [-0.2, -0.15) is 0 Å². The maximum absolute atomic E-state index is 12.4. The Morgan fingerprint density at radius 1 is 1.05 bits per heavy atom. The monoisotopic (exact) mass is 357 g/mol. The molecule has 0 spiro atoms. The quantitative estimate of drug-likeness (QED) is 0.755.